The predicted molar refractivity (Wildman–Crippen MR) is 140 cm³/mol. The summed E-state index contributed by atoms with van der Waals surface area (Å²) in [6, 6.07) is 21.7. The van der Waals surface area contributed by atoms with E-state index in [1.165, 1.54) is 19.2 Å². The fraction of sp³-hybridized carbons (Fsp3) is 0.214. The Balaban J connectivity index is 1.47. The lowest BCUT2D eigenvalue weighted by Crippen LogP contribution is -2.49. The number of anilines is 1. The predicted octanol–water partition coefficient (Wildman–Crippen LogP) is 5.43. The maximum atomic E-state index is 13.5. The second kappa shape index (κ2) is 11.7. The van der Waals surface area contributed by atoms with Gasteiger partial charge in [-0.1, -0.05) is 30.3 Å². The molecule has 3 aromatic rings. The molecule has 1 aliphatic rings. The second-order valence-corrected chi connectivity index (χ2v) is 9.09. The van der Waals surface area contributed by atoms with Gasteiger partial charge in [0.15, 0.2) is 11.5 Å². The summed E-state index contributed by atoms with van der Waals surface area (Å²) < 4.78 is 25.4. The van der Waals surface area contributed by atoms with Gasteiger partial charge in [-0.25, -0.2) is 4.39 Å². The van der Waals surface area contributed by atoms with E-state index in [2.05, 4.69) is 33.0 Å². The lowest BCUT2D eigenvalue weighted by molar-refractivity contribution is -0.126. The van der Waals surface area contributed by atoms with Gasteiger partial charge in [-0.2, -0.15) is 5.26 Å². The number of hydrogen-bond acceptors (Lipinski definition) is 5. The molecule has 0 N–H and O–H groups in total. The van der Waals surface area contributed by atoms with Gasteiger partial charge in [0.1, 0.15) is 24.1 Å². The van der Waals surface area contributed by atoms with Crippen LogP contribution >= 0.6 is 15.9 Å². The molecule has 8 heteroatoms. The lowest BCUT2D eigenvalue weighted by atomic mass is 10.1. The van der Waals surface area contributed by atoms with Crippen molar-refractivity contribution in [2.24, 2.45) is 0 Å². The van der Waals surface area contributed by atoms with Crippen molar-refractivity contribution in [1.82, 2.24) is 4.90 Å². The Bertz CT molecular complexity index is 1300. The van der Waals surface area contributed by atoms with E-state index in [4.69, 9.17) is 9.47 Å². The van der Waals surface area contributed by atoms with E-state index in [0.29, 0.717) is 53.3 Å². The first-order valence-electron chi connectivity index (χ1n) is 11.4. The van der Waals surface area contributed by atoms with Crippen molar-refractivity contribution >= 4 is 33.6 Å². The number of rotatable bonds is 7. The van der Waals surface area contributed by atoms with Crippen LogP contribution in [-0.4, -0.2) is 44.1 Å². The van der Waals surface area contributed by atoms with Crippen LogP contribution in [0.3, 0.4) is 0 Å². The van der Waals surface area contributed by atoms with E-state index in [1.54, 1.807) is 35.2 Å². The smallest absolute Gasteiger partial charge is 0.264 e. The molecule has 0 radical (unpaired) electrons. The van der Waals surface area contributed by atoms with Crippen LogP contribution < -0.4 is 14.4 Å². The van der Waals surface area contributed by atoms with E-state index < -0.39 is 0 Å². The molecule has 1 amide bonds. The number of ether oxygens (including phenoxy) is 2. The van der Waals surface area contributed by atoms with Crippen LogP contribution in [0.5, 0.6) is 11.5 Å². The van der Waals surface area contributed by atoms with Gasteiger partial charge in [0.2, 0.25) is 0 Å². The van der Waals surface area contributed by atoms with E-state index in [-0.39, 0.29) is 23.9 Å². The topological polar surface area (TPSA) is 65.8 Å². The van der Waals surface area contributed by atoms with Crippen molar-refractivity contribution in [1.29, 1.82) is 5.26 Å². The zero-order chi connectivity index (χ0) is 25.5. The molecular formula is C28H25BrFN3O3. The van der Waals surface area contributed by atoms with Crippen LogP contribution in [0.4, 0.5) is 10.1 Å². The van der Waals surface area contributed by atoms with Crippen molar-refractivity contribution in [3.05, 3.63) is 93.7 Å². The number of carbonyl (C=O) groups is 1. The molecule has 36 heavy (non-hydrogen) atoms. The third kappa shape index (κ3) is 6.04. The Labute approximate surface area is 218 Å². The molecule has 1 aliphatic heterocycles. The molecule has 3 aromatic carbocycles. The standard InChI is InChI=1S/C28H25BrFN3O3/c1-35-26-17-21(16-25(29)27(26)36-19-20-6-5-7-23(30)15-20)14-22(18-31)28(34)33-12-10-32(11-13-33)24-8-3-2-4-9-24/h2-9,14-17H,10-13,19H2,1H3/b22-14-. The molecule has 6 nitrogen and oxygen atoms in total. The van der Waals surface area contributed by atoms with Crippen LogP contribution in [0, 0.1) is 17.1 Å². The molecule has 0 atom stereocenters. The van der Waals surface area contributed by atoms with Gasteiger partial charge in [0.25, 0.3) is 5.91 Å². The largest absolute Gasteiger partial charge is 0.493 e. The molecule has 1 heterocycles. The molecule has 1 saturated heterocycles. The third-order valence-corrected chi connectivity index (χ3v) is 6.46. The fourth-order valence-electron chi connectivity index (χ4n) is 4.03. The number of nitriles is 1. The van der Waals surface area contributed by atoms with Gasteiger partial charge in [-0.15, -0.1) is 0 Å². The highest BCUT2D eigenvalue weighted by atomic mass is 79.9. The summed E-state index contributed by atoms with van der Waals surface area (Å²) in [6.07, 6.45) is 1.55. The van der Waals surface area contributed by atoms with Crippen LogP contribution in [0.15, 0.2) is 76.8 Å². The summed E-state index contributed by atoms with van der Waals surface area (Å²) in [6.45, 7) is 2.62. The molecule has 0 bridgehead atoms. The monoisotopic (exact) mass is 549 g/mol. The van der Waals surface area contributed by atoms with Crippen molar-refractivity contribution in [2.75, 3.05) is 38.2 Å². The van der Waals surface area contributed by atoms with Crippen molar-refractivity contribution in [3.63, 3.8) is 0 Å². The van der Waals surface area contributed by atoms with Crippen LogP contribution in [0.2, 0.25) is 0 Å². The lowest BCUT2D eigenvalue weighted by Gasteiger charge is -2.36. The zero-order valence-electron chi connectivity index (χ0n) is 19.8. The first-order chi connectivity index (χ1) is 17.5. The molecule has 184 valence electrons. The molecule has 0 aliphatic carbocycles. The number of amides is 1. The maximum absolute atomic E-state index is 13.5. The van der Waals surface area contributed by atoms with Gasteiger partial charge in [-0.3, -0.25) is 4.79 Å². The number of nitrogens with zero attached hydrogens (tertiary/aromatic N) is 3. The first kappa shape index (κ1) is 25.3. The zero-order valence-corrected chi connectivity index (χ0v) is 21.4. The Morgan fingerprint density at radius 1 is 1.08 bits per heavy atom. The molecule has 0 saturated carbocycles. The number of methoxy groups -OCH3 is 1. The van der Waals surface area contributed by atoms with Crippen LogP contribution in [0.25, 0.3) is 6.08 Å². The molecular weight excluding hydrogens is 525 g/mol. The summed E-state index contributed by atoms with van der Waals surface area (Å²) in [7, 11) is 1.51. The number of piperazine rings is 1. The quantitative estimate of drug-likeness (QED) is 0.290. The number of halogens is 2. The summed E-state index contributed by atoms with van der Waals surface area (Å²) in [5.74, 6) is 0.235. The van der Waals surface area contributed by atoms with E-state index in [1.807, 2.05) is 24.3 Å². The Kier molecular flexibility index (Phi) is 8.24. The number of benzene rings is 3. The molecule has 1 fully saturated rings. The van der Waals surface area contributed by atoms with Gasteiger partial charge in [0.05, 0.1) is 11.6 Å². The van der Waals surface area contributed by atoms with Gasteiger partial charge < -0.3 is 19.3 Å². The van der Waals surface area contributed by atoms with Crippen molar-refractivity contribution < 1.29 is 18.7 Å². The van der Waals surface area contributed by atoms with Crippen molar-refractivity contribution in [2.45, 2.75) is 6.61 Å². The van der Waals surface area contributed by atoms with Gasteiger partial charge in [0, 0.05) is 31.9 Å². The highest BCUT2D eigenvalue weighted by molar-refractivity contribution is 9.10. The second-order valence-electron chi connectivity index (χ2n) is 8.24. The van der Waals surface area contributed by atoms with E-state index >= 15 is 0 Å². The average molecular weight is 550 g/mol. The summed E-state index contributed by atoms with van der Waals surface area (Å²) in [5.41, 5.74) is 2.46. The normalized spacial score (nSPS) is 13.8. The van der Waals surface area contributed by atoms with E-state index in [9.17, 15) is 14.4 Å². The highest BCUT2D eigenvalue weighted by Crippen LogP contribution is 2.38. The maximum Gasteiger partial charge on any atom is 0.264 e. The summed E-state index contributed by atoms with van der Waals surface area (Å²) in [4.78, 5) is 17.0. The SMILES string of the molecule is COc1cc(/C=C(/C#N)C(=O)N2CCN(c3ccccc3)CC2)cc(Br)c1OCc1cccc(F)c1. The summed E-state index contributed by atoms with van der Waals surface area (Å²) >= 11 is 3.49. The fourth-order valence-corrected chi connectivity index (χ4v) is 4.61. The van der Waals surface area contributed by atoms with Crippen molar-refractivity contribution in [3.8, 4) is 17.6 Å². The number of carbonyl (C=O) groups excluding carboxylic acids is 1. The summed E-state index contributed by atoms with van der Waals surface area (Å²) in [5, 5.41) is 9.73. The average Bonchev–Trinajstić information content (AvgIpc) is 2.91. The Morgan fingerprint density at radius 3 is 2.50 bits per heavy atom. The van der Waals surface area contributed by atoms with Gasteiger partial charge in [-0.05, 0) is 69.5 Å². The molecule has 0 aromatic heterocycles. The minimum absolute atomic E-state index is 0.0468. The van der Waals surface area contributed by atoms with Crippen LogP contribution in [0.1, 0.15) is 11.1 Å². The third-order valence-electron chi connectivity index (χ3n) is 5.87. The van der Waals surface area contributed by atoms with E-state index in [0.717, 1.165) is 5.69 Å². The number of hydrogen-bond donors (Lipinski definition) is 0. The molecule has 0 spiro atoms. The Morgan fingerprint density at radius 2 is 1.83 bits per heavy atom. The highest BCUT2D eigenvalue weighted by Gasteiger charge is 2.24. The Hall–Kier alpha value is -3.83. The minimum atomic E-state index is -0.335. The first-order valence-corrected chi connectivity index (χ1v) is 12.2. The van der Waals surface area contributed by atoms with Crippen LogP contribution in [-0.2, 0) is 11.4 Å². The number of para-hydroxylation sites is 1. The molecule has 4 rings (SSSR count). The molecule has 0 unspecified atom stereocenters. The van der Waals surface area contributed by atoms with Gasteiger partial charge >= 0.3 is 0 Å². The minimum Gasteiger partial charge on any atom is -0.493 e.